The molecule has 0 bridgehead atoms. The summed E-state index contributed by atoms with van der Waals surface area (Å²) in [4.78, 5) is 0. The minimum absolute atomic E-state index is 0.318. The monoisotopic (exact) mass is 342 g/mol. The maximum absolute atomic E-state index is 5.73. The lowest BCUT2D eigenvalue weighted by atomic mass is 10.2. The second kappa shape index (κ2) is 7.22. The molecule has 0 fully saturated rings. The van der Waals surface area contributed by atoms with Gasteiger partial charge in [0.1, 0.15) is 6.61 Å². The van der Waals surface area contributed by atoms with E-state index in [0.717, 1.165) is 23.2 Å². The lowest BCUT2D eigenvalue weighted by Gasteiger charge is -2.05. The van der Waals surface area contributed by atoms with E-state index in [2.05, 4.69) is 25.5 Å². The van der Waals surface area contributed by atoms with Crippen LogP contribution in [0, 0.1) is 11.7 Å². The summed E-state index contributed by atoms with van der Waals surface area (Å²) in [5.41, 5.74) is 4.17. The average molecular weight is 342 g/mol. The van der Waals surface area contributed by atoms with Crippen molar-refractivity contribution in [1.29, 1.82) is 0 Å². The molecular weight excluding hydrogens is 324 g/mol. The summed E-state index contributed by atoms with van der Waals surface area (Å²) in [6.45, 7) is 4.48. The number of rotatable bonds is 6. The summed E-state index contributed by atoms with van der Waals surface area (Å²) in [6.07, 6.45) is 4.25. The predicted molar refractivity (Wildman–Crippen MR) is 93.9 cm³/mol. The second-order valence-corrected chi connectivity index (χ2v) is 5.69. The highest BCUT2D eigenvalue weighted by molar-refractivity contribution is 7.71. The van der Waals surface area contributed by atoms with Gasteiger partial charge >= 0.3 is 6.01 Å². The first-order chi connectivity index (χ1) is 11.7. The highest BCUT2D eigenvalue weighted by atomic mass is 32.1. The molecule has 0 atom stereocenters. The molecule has 7 nitrogen and oxygen atoms in total. The largest absolute Gasteiger partial charge is 0.457 e. The number of benzene rings is 1. The van der Waals surface area contributed by atoms with Crippen molar-refractivity contribution >= 4 is 18.4 Å². The van der Waals surface area contributed by atoms with E-state index in [-0.39, 0.29) is 0 Å². The smallest absolute Gasteiger partial charge is 0.337 e. The summed E-state index contributed by atoms with van der Waals surface area (Å²) in [7, 11) is 0. The highest BCUT2D eigenvalue weighted by Crippen LogP contribution is 2.12. The van der Waals surface area contributed by atoms with Crippen LogP contribution >= 0.6 is 12.2 Å². The first kappa shape index (κ1) is 16.1. The fourth-order valence-corrected chi connectivity index (χ4v) is 2.31. The summed E-state index contributed by atoms with van der Waals surface area (Å²) in [5.74, 6) is 0. The maximum atomic E-state index is 5.73. The van der Waals surface area contributed by atoms with Crippen LogP contribution in [0.25, 0.3) is 0 Å². The summed E-state index contributed by atoms with van der Waals surface area (Å²) < 4.78 is 7.55. The number of ether oxygens (including phenoxy) is 1. The van der Waals surface area contributed by atoms with Crippen LogP contribution in [0.5, 0.6) is 6.01 Å². The summed E-state index contributed by atoms with van der Waals surface area (Å²) in [5, 5.41) is 18.1. The van der Waals surface area contributed by atoms with Crippen LogP contribution in [0.2, 0.25) is 0 Å². The molecule has 124 valence electrons. The molecule has 0 amide bonds. The minimum Gasteiger partial charge on any atom is -0.457 e. The molecule has 2 N–H and O–H groups in total. The Labute approximate surface area is 144 Å². The summed E-state index contributed by atoms with van der Waals surface area (Å²) >= 11 is 5.20. The Morgan fingerprint density at radius 3 is 2.83 bits per heavy atom. The fraction of sp³-hybridized carbons (Fsp3) is 0.250. The van der Waals surface area contributed by atoms with Gasteiger partial charge in [0.05, 0.1) is 12.4 Å². The third kappa shape index (κ3) is 3.60. The summed E-state index contributed by atoms with van der Waals surface area (Å²) in [6, 6.07) is 8.43. The number of aryl methyl sites for hydroxylation is 2. The van der Waals surface area contributed by atoms with E-state index >= 15 is 0 Å². The lowest BCUT2D eigenvalue weighted by molar-refractivity contribution is 0.269. The Morgan fingerprint density at radius 1 is 1.29 bits per heavy atom. The molecule has 8 heteroatoms. The Hall–Kier alpha value is -2.74. The number of nitrogens with zero attached hydrogens (tertiary/aromatic N) is 4. The second-order valence-electron chi connectivity index (χ2n) is 5.30. The third-order valence-corrected chi connectivity index (χ3v) is 3.79. The van der Waals surface area contributed by atoms with Crippen molar-refractivity contribution in [1.82, 2.24) is 25.1 Å². The minimum atomic E-state index is 0.318. The Morgan fingerprint density at radius 2 is 2.08 bits per heavy atom. The first-order valence-corrected chi connectivity index (χ1v) is 8.00. The molecule has 0 saturated carbocycles. The molecule has 3 aromatic rings. The zero-order valence-corrected chi connectivity index (χ0v) is 14.3. The SMILES string of the molecule is CCc1[nH]ncc1/C=N/n1c(OCc2ccc(C)cc2)n[nH]c1=S. The number of hydrogen-bond acceptors (Lipinski definition) is 5. The molecule has 1 aromatic carbocycles. The standard InChI is InChI=1S/C16H18N6OS/c1-3-14-13(8-17-19-14)9-18-22-15(20-21-16(22)24)23-10-12-6-4-11(2)5-7-12/h4-9H,3,10H2,1-2H3,(H,17,19)(H,21,24)/b18-9+. The van der Waals surface area contributed by atoms with Crippen molar-refractivity contribution in [3.8, 4) is 6.01 Å². The zero-order chi connectivity index (χ0) is 16.9. The Balaban J connectivity index is 1.76. The van der Waals surface area contributed by atoms with Crippen LogP contribution in [-0.2, 0) is 13.0 Å². The molecule has 0 radical (unpaired) electrons. The molecule has 24 heavy (non-hydrogen) atoms. The lowest BCUT2D eigenvalue weighted by Crippen LogP contribution is -2.02. The van der Waals surface area contributed by atoms with Gasteiger partial charge in [0.15, 0.2) is 0 Å². The van der Waals surface area contributed by atoms with Crippen molar-refractivity contribution < 1.29 is 4.74 Å². The molecule has 3 rings (SSSR count). The molecule has 2 aromatic heterocycles. The van der Waals surface area contributed by atoms with E-state index in [0.29, 0.717) is 17.4 Å². The van der Waals surface area contributed by atoms with Gasteiger partial charge in [-0.3, -0.25) is 5.10 Å². The van der Waals surface area contributed by atoms with Crippen molar-refractivity contribution in [3.05, 3.63) is 57.6 Å². The predicted octanol–water partition coefficient (Wildman–Crippen LogP) is 3.00. The molecule has 0 aliphatic heterocycles. The number of aromatic nitrogens is 5. The van der Waals surface area contributed by atoms with E-state index in [4.69, 9.17) is 17.0 Å². The van der Waals surface area contributed by atoms with Crippen LogP contribution in [-0.4, -0.2) is 31.3 Å². The molecule has 0 saturated heterocycles. The van der Waals surface area contributed by atoms with E-state index in [1.165, 1.54) is 10.2 Å². The normalized spacial score (nSPS) is 11.2. The van der Waals surface area contributed by atoms with Gasteiger partial charge in [-0.05, 0) is 31.1 Å². The van der Waals surface area contributed by atoms with Crippen LogP contribution in [0.1, 0.15) is 29.3 Å². The van der Waals surface area contributed by atoms with Gasteiger partial charge in [0.25, 0.3) is 0 Å². The van der Waals surface area contributed by atoms with E-state index in [1.807, 2.05) is 38.1 Å². The maximum Gasteiger partial charge on any atom is 0.337 e. The van der Waals surface area contributed by atoms with Crippen molar-refractivity contribution in [2.75, 3.05) is 0 Å². The van der Waals surface area contributed by atoms with Gasteiger partial charge < -0.3 is 4.74 Å². The number of nitrogens with one attached hydrogen (secondary N) is 2. The van der Waals surface area contributed by atoms with Crippen molar-refractivity contribution in [3.63, 3.8) is 0 Å². The molecule has 2 heterocycles. The van der Waals surface area contributed by atoms with Gasteiger partial charge in [0, 0.05) is 11.3 Å². The van der Waals surface area contributed by atoms with Gasteiger partial charge in [-0.2, -0.15) is 14.9 Å². The van der Waals surface area contributed by atoms with Crippen LogP contribution in [0.3, 0.4) is 0 Å². The van der Waals surface area contributed by atoms with Gasteiger partial charge in [-0.15, -0.1) is 5.10 Å². The van der Waals surface area contributed by atoms with Crippen LogP contribution in [0.15, 0.2) is 35.6 Å². The first-order valence-electron chi connectivity index (χ1n) is 7.59. The zero-order valence-electron chi connectivity index (χ0n) is 13.5. The fourth-order valence-electron chi connectivity index (χ4n) is 2.14. The van der Waals surface area contributed by atoms with Crippen LogP contribution < -0.4 is 4.74 Å². The van der Waals surface area contributed by atoms with E-state index in [1.54, 1.807) is 12.4 Å². The third-order valence-electron chi connectivity index (χ3n) is 3.53. The average Bonchev–Trinajstić information content (AvgIpc) is 3.18. The molecule has 0 aliphatic carbocycles. The molecular formula is C16H18N6OS. The number of H-pyrrole nitrogens is 2. The van der Waals surface area contributed by atoms with Gasteiger partial charge in [0.2, 0.25) is 4.77 Å². The van der Waals surface area contributed by atoms with E-state index in [9.17, 15) is 0 Å². The van der Waals surface area contributed by atoms with Gasteiger partial charge in [-0.25, -0.2) is 5.10 Å². The van der Waals surface area contributed by atoms with Gasteiger partial charge in [-0.1, -0.05) is 36.8 Å². The van der Waals surface area contributed by atoms with E-state index < -0.39 is 0 Å². The molecule has 0 spiro atoms. The Kier molecular flexibility index (Phi) is 4.85. The van der Waals surface area contributed by atoms with Crippen molar-refractivity contribution in [2.45, 2.75) is 26.9 Å². The molecule has 0 aliphatic rings. The molecule has 0 unspecified atom stereocenters. The number of aromatic amines is 2. The quantitative estimate of drug-likeness (QED) is 0.533. The highest BCUT2D eigenvalue weighted by Gasteiger charge is 2.07. The van der Waals surface area contributed by atoms with Crippen molar-refractivity contribution in [2.24, 2.45) is 5.10 Å². The number of hydrogen-bond donors (Lipinski definition) is 2. The topological polar surface area (TPSA) is 83.9 Å². The Bertz CT molecular complexity index is 890. The van der Waals surface area contributed by atoms with Crippen LogP contribution in [0.4, 0.5) is 0 Å².